The van der Waals surface area contributed by atoms with Crippen LogP contribution in [0.15, 0.2) is 61.3 Å². The van der Waals surface area contributed by atoms with Crippen molar-refractivity contribution in [3.8, 4) is 17.2 Å². The molecule has 0 radical (unpaired) electrons. The van der Waals surface area contributed by atoms with E-state index in [2.05, 4.69) is 39.7 Å². The third-order valence-corrected chi connectivity index (χ3v) is 3.75. The Morgan fingerprint density at radius 2 is 1.91 bits per heavy atom. The van der Waals surface area contributed by atoms with Gasteiger partial charge in [0.2, 0.25) is 0 Å². The topological polar surface area (TPSA) is 54.5 Å². The summed E-state index contributed by atoms with van der Waals surface area (Å²) in [7, 11) is 0. The molecule has 0 amide bonds. The Hall–Kier alpha value is -2.93. The maximum atomic E-state index is 8.84. The summed E-state index contributed by atoms with van der Waals surface area (Å²) in [6, 6.07) is 14.0. The van der Waals surface area contributed by atoms with Gasteiger partial charge < -0.3 is 4.57 Å². The molecular formula is C18H16N4. The zero-order chi connectivity index (χ0) is 15.4. The van der Waals surface area contributed by atoms with Gasteiger partial charge in [-0.2, -0.15) is 5.26 Å². The largest absolute Gasteiger partial charge is 0.328 e. The van der Waals surface area contributed by atoms with E-state index in [4.69, 9.17) is 5.26 Å². The number of nitrogens with zero attached hydrogens (tertiary/aromatic N) is 4. The van der Waals surface area contributed by atoms with E-state index in [1.807, 2.05) is 43.0 Å². The predicted octanol–water partition coefficient (Wildman–Crippen LogP) is 3.82. The summed E-state index contributed by atoms with van der Waals surface area (Å²) in [5.74, 6) is 0. The molecule has 4 heteroatoms. The molecule has 1 atom stereocenters. The van der Waals surface area contributed by atoms with Gasteiger partial charge in [0.05, 0.1) is 29.7 Å². The van der Waals surface area contributed by atoms with Crippen LogP contribution in [0.25, 0.3) is 11.1 Å². The van der Waals surface area contributed by atoms with Gasteiger partial charge in [-0.3, -0.25) is 4.98 Å². The Morgan fingerprint density at radius 3 is 2.45 bits per heavy atom. The molecule has 0 bridgehead atoms. The maximum Gasteiger partial charge on any atom is 0.0991 e. The molecule has 3 aromatic rings. The molecule has 2 aromatic heterocycles. The van der Waals surface area contributed by atoms with Crippen LogP contribution in [0.4, 0.5) is 0 Å². The van der Waals surface area contributed by atoms with Crippen LogP contribution in [0, 0.1) is 11.3 Å². The van der Waals surface area contributed by atoms with Gasteiger partial charge >= 0.3 is 0 Å². The first-order valence-electron chi connectivity index (χ1n) is 7.25. The zero-order valence-corrected chi connectivity index (χ0v) is 12.3. The minimum atomic E-state index is 0.206. The highest BCUT2D eigenvalue weighted by Gasteiger charge is 2.12. The highest BCUT2D eigenvalue weighted by Crippen LogP contribution is 2.23. The molecule has 0 fully saturated rings. The molecule has 3 rings (SSSR count). The maximum absolute atomic E-state index is 8.84. The lowest BCUT2D eigenvalue weighted by Crippen LogP contribution is -2.09. The first-order chi connectivity index (χ1) is 10.8. The standard InChI is InChI=1S/C18H16N4/c1-2-18(22-10-9-20-13-22)17-8-7-16(12-21-17)15-5-3-14(11-19)4-6-15/h3-10,12-13,18H,2H2,1H3. The van der Waals surface area contributed by atoms with E-state index in [0.717, 1.165) is 23.2 Å². The Morgan fingerprint density at radius 1 is 1.14 bits per heavy atom. The summed E-state index contributed by atoms with van der Waals surface area (Å²) in [6.45, 7) is 2.14. The van der Waals surface area contributed by atoms with E-state index in [1.54, 1.807) is 6.20 Å². The van der Waals surface area contributed by atoms with Crippen LogP contribution in [0.3, 0.4) is 0 Å². The Kier molecular flexibility index (Phi) is 3.97. The first kappa shape index (κ1) is 14.0. The van der Waals surface area contributed by atoms with Gasteiger partial charge in [0.1, 0.15) is 0 Å². The first-order valence-corrected chi connectivity index (χ1v) is 7.25. The molecule has 0 spiro atoms. The summed E-state index contributed by atoms with van der Waals surface area (Å²) < 4.78 is 2.07. The minimum absolute atomic E-state index is 0.206. The Balaban J connectivity index is 1.87. The van der Waals surface area contributed by atoms with Crippen LogP contribution in [0.2, 0.25) is 0 Å². The molecule has 0 saturated heterocycles. The third kappa shape index (κ3) is 2.75. The lowest BCUT2D eigenvalue weighted by molar-refractivity contribution is 0.551. The Bertz CT molecular complexity index is 765. The monoisotopic (exact) mass is 288 g/mol. The van der Waals surface area contributed by atoms with Crippen LogP contribution in [-0.4, -0.2) is 14.5 Å². The van der Waals surface area contributed by atoms with Crippen molar-refractivity contribution in [2.75, 3.05) is 0 Å². The van der Waals surface area contributed by atoms with Gasteiger partial charge in [0.25, 0.3) is 0 Å². The van der Waals surface area contributed by atoms with E-state index in [9.17, 15) is 0 Å². The molecule has 0 N–H and O–H groups in total. The van der Waals surface area contributed by atoms with E-state index in [0.29, 0.717) is 5.56 Å². The van der Waals surface area contributed by atoms with Crippen molar-refractivity contribution in [3.05, 3.63) is 72.6 Å². The van der Waals surface area contributed by atoms with E-state index >= 15 is 0 Å². The number of hydrogen-bond acceptors (Lipinski definition) is 3. The second-order valence-corrected chi connectivity index (χ2v) is 5.09. The van der Waals surface area contributed by atoms with Crippen molar-refractivity contribution in [1.82, 2.24) is 14.5 Å². The van der Waals surface area contributed by atoms with Crippen LogP contribution < -0.4 is 0 Å². The van der Waals surface area contributed by atoms with Gasteiger partial charge in [-0.15, -0.1) is 0 Å². The molecule has 2 heterocycles. The molecule has 1 aromatic carbocycles. The summed E-state index contributed by atoms with van der Waals surface area (Å²) >= 11 is 0. The van der Waals surface area contributed by atoms with Crippen molar-refractivity contribution in [2.24, 2.45) is 0 Å². The number of benzene rings is 1. The van der Waals surface area contributed by atoms with Crippen LogP contribution in [0.1, 0.15) is 30.6 Å². The molecule has 0 aliphatic carbocycles. The number of imidazole rings is 1. The fourth-order valence-corrected chi connectivity index (χ4v) is 2.54. The molecule has 4 nitrogen and oxygen atoms in total. The van der Waals surface area contributed by atoms with Crippen LogP contribution in [-0.2, 0) is 0 Å². The van der Waals surface area contributed by atoms with Crippen LogP contribution >= 0.6 is 0 Å². The molecule has 0 saturated carbocycles. The highest BCUT2D eigenvalue weighted by molar-refractivity contribution is 5.63. The van der Waals surface area contributed by atoms with Crippen molar-refractivity contribution in [1.29, 1.82) is 5.26 Å². The van der Waals surface area contributed by atoms with Crippen molar-refractivity contribution in [2.45, 2.75) is 19.4 Å². The van der Waals surface area contributed by atoms with Crippen molar-refractivity contribution < 1.29 is 0 Å². The van der Waals surface area contributed by atoms with Crippen LogP contribution in [0.5, 0.6) is 0 Å². The second kappa shape index (κ2) is 6.23. The summed E-state index contributed by atoms with van der Waals surface area (Å²) in [5, 5.41) is 8.84. The predicted molar refractivity (Wildman–Crippen MR) is 85.0 cm³/mol. The third-order valence-electron chi connectivity index (χ3n) is 3.75. The number of rotatable bonds is 4. The van der Waals surface area contributed by atoms with Gasteiger partial charge in [0, 0.05) is 24.2 Å². The molecular weight excluding hydrogens is 272 g/mol. The fourth-order valence-electron chi connectivity index (χ4n) is 2.54. The highest BCUT2D eigenvalue weighted by atomic mass is 15.1. The number of aromatic nitrogens is 3. The lowest BCUT2D eigenvalue weighted by atomic mass is 10.0. The van der Waals surface area contributed by atoms with Gasteiger partial charge in [-0.25, -0.2) is 4.98 Å². The van der Waals surface area contributed by atoms with Gasteiger partial charge in [-0.05, 0) is 30.2 Å². The fraction of sp³-hybridized carbons (Fsp3) is 0.167. The SMILES string of the molecule is CCC(c1ccc(-c2ccc(C#N)cc2)cn1)n1ccnc1. The molecule has 0 aliphatic heterocycles. The molecule has 0 aliphatic rings. The zero-order valence-electron chi connectivity index (χ0n) is 12.3. The average Bonchev–Trinajstić information content (AvgIpc) is 3.11. The average molecular weight is 288 g/mol. The number of pyridine rings is 1. The number of hydrogen-bond donors (Lipinski definition) is 0. The molecule has 22 heavy (non-hydrogen) atoms. The summed E-state index contributed by atoms with van der Waals surface area (Å²) in [4.78, 5) is 8.72. The second-order valence-electron chi connectivity index (χ2n) is 5.09. The minimum Gasteiger partial charge on any atom is -0.328 e. The summed E-state index contributed by atoms with van der Waals surface area (Å²) in [5.41, 5.74) is 3.81. The van der Waals surface area contributed by atoms with E-state index < -0.39 is 0 Å². The van der Waals surface area contributed by atoms with Crippen molar-refractivity contribution >= 4 is 0 Å². The smallest absolute Gasteiger partial charge is 0.0991 e. The normalized spacial score (nSPS) is 11.8. The van der Waals surface area contributed by atoms with Crippen molar-refractivity contribution in [3.63, 3.8) is 0 Å². The van der Waals surface area contributed by atoms with E-state index in [1.165, 1.54) is 0 Å². The van der Waals surface area contributed by atoms with Gasteiger partial charge in [-0.1, -0.05) is 25.1 Å². The molecule has 108 valence electrons. The van der Waals surface area contributed by atoms with Gasteiger partial charge in [0.15, 0.2) is 0 Å². The van der Waals surface area contributed by atoms with E-state index in [-0.39, 0.29) is 6.04 Å². The summed E-state index contributed by atoms with van der Waals surface area (Å²) in [6.07, 6.45) is 8.42. The number of nitriles is 1. The quantitative estimate of drug-likeness (QED) is 0.733. The molecule has 1 unspecified atom stereocenters. The Labute approximate surface area is 129 Å². The lowest BCUT2D eigenvalue weighted by Gasteiger charge is -2.16.